The van der Waals surface area contributed by atoms with E-state index in [0.29, 0.717) is 33.3 Å². The number of amides is 1. The molecule has 0 spiro atoms. The predicted octanol–water partition coefficient (Wildman–Crippen LogP) is 6.89. The van der Waals surface area contributed by atoms with Crippen molar-refractivity contribution in [3.05, 3.63) is 80.8 Å². The van der Waals surface area contributed by atoms with Gasteiger partial charge in [-0.3, -0.25) is 9.79 Å². The molecule has 0 saturated heterocycles. The monoisotopic (exact) mass is 514 g/mol. The third-order valence-corrected chi connectivity index (χ3v) is 5.53. The topological polar surface area (TPSA) is 59.9 Å². The van der Waals surface area contributed by atoms with Gasteiger partial charge in [0.05, 0.1) is 16.8 Å². The van der Waals surface area contributed by atoms with Gasteiger partial charge >= 0.3 is 0 Å². The van der Waals surface area contributed by atoms with Crippen LogP contribution >= 0.6 is 27.5 Å². The molecule has 0 aromatic heterocycles. The Morgan fingerprint density at radius 1 is 1.09 bits per heavy atom. The lowest BCUT2D eigenvalue weighted by atomic mass is 10.2. The largest absolute Gasteiger partial charge is 0.490 e. The zero-order valence-corrected chi connectivity index (χ0v) is 20.5. The van der Waals surface area contributed by atoms with Crippen LogP contribution in [0.15, 0.2) is 64.1 Å². The zero-order chi connectivity index (χ0) is 23.1. The van der Waals surface area contributed by atoms with E-state index in [2.05, 4.69) is 26.2 Å². The van der Waals surface area contributed by atoms with Crippen LogP contribution in [-0.2, 0) is 4.79 Å². The SMILES string of the molecule is CCOc1cc(C=Nc2ccc(C)cc2)cc(Br)c1OCC(=O)Nc1ccc(C)c(Cl)c1. The van der Waals surface area contributed by atoms with Crippen LogP contribution in [0.3, 0.4) is 0 Å². The number of carbonyl (C=O) groups excluding carboxylic acids is 1. The highest BCUT2D eigenvalue weighted by Gasteiger charge is 2.14. The number of rotatable bonds is 8. The van der Waals surface area contributed by atoms with E-state index in [9.17, 15) is 4.79 Å². The molecule has 3 aromatic carbocycles. The number of hydrogen-bond acceptors (Lipinski definition) is 4. The number of aryl methyl sites for hydroxylation is 2. The van der Waals surface area contributed by atoms with Gasteiger partial charge < -0.3 is 14.8 Å². The third-order valence-electron chi connectivity index (χ3n) is 4.53. The van der Waals surface area contributed by atoms with Gasteiger partial charge in [0, 0.05) is 16.9 Å². The summed E-state index contributed by atoms with van der Waals surface area (Å²) >= 11 is 9.64. The van der Waals surface area contributed by atoms with Crippen molar-refractivity contribution in [1.29, 1.82) is 0 Å². The van der Waals surface area contributed by atoms with Gasteiger partial charge in [0.15, 0.2) is 18.1 Å². The van der Waals surface area contributed by atoms with Crippen LogP contribution in [0.5, 0.6) is 11.5 Å². The lowest BCUT2D eigenvalue weighted by Crippen LogP contribution is -2.20. The first-order valence-electron chi connectivity index (χ1n) is 10.1. The lowest BCUT2D eigenvalue weighted by Gasteiger charge is -2.15. The number of aliphatic imine (C=N–C) groups is 1. The number of anilines is 1. The third kappa shape index (κ3) is 6.58. The second-order valence-electron chi connectivity index (χ2n) is 7.16. The van der Waals surface area contributed by atoms with E-state index in [-0.39, 0.29) is 12.5 Å². The fourth-order valence-electron chi connectivity index (χ4n) is 2.85. The van der Waals surface area contributed by atoms with E-state index >= 15 is 0 Å². The van der Waals surface area contributed by atoms with Gasteiger partial charge in [-0.15, -0.1) is 0 Å². The average molecular weight is 516 g/mol. The average Bonchev–Trinajstić information content (AvgIpc) is 2.75. The Morgan fingerprint density at radius 2 is 1.84 bits per heavy atom. The standard InChI is InChI=1S/C25H24BrClN2O3/c1-4-31-23-12-18(14-28-19-8-5-16(2)6-9-19)11-21(26)25(23)32-15-24(30)29-20-10-7-17(3)22(27)13-20/h5-14H,4,15H2,1-3H3,(H,29,30). The molecule has 166 valence electrons. The number of benzene rings is 3. The Balaban J connectivity index is 1.71. The first kappa shape index (κ1) is 23.8. The van der Waals surface area contributed by atoms with Crippen LogP contribution in [0.2, 0.25) is 5.02 Å². The molecule has 7 heteroatoms. The normalized spacial score (nSPS) is 10.9. The maximum atomic E-state index is 12.4. The van der Waals surface area contributed by atoms with Crippen LogP contribution < -0.4 is 14.8 Å². The first-order valence-corrected chi connectivity index (χ1v) is 11.3. The number of carbonyl (C=O) groups is 1. The maximum absolute atomic E-state index is 12.4. The molecule has 1 amide bonds. The van der Waals surface area contributed by atoms with Gasteiger partial charge in [-0.2, -0.15) is 0 Å². The molecule has 0 saturated carbocycles. The molecule has 0 aliphatic carbocycles. The summed E-state index contributed by atoms with van der Waals surface area (Å²) in [6.45, 7) is 6.10. The molecular formula is C25H24BrClN2O3. The summed E-state index contributed by atoms with van der Waals surface area (Å²) in [4.78, 5) is 16.9. The van der Waals surface area contributed by atoms with Crippen LogP contribution in [0.25, 0.3) is 0 Å². The highest BCUT2D eigenvalue weighted by molar-refractivity contribution is 9.10. The molecule has 0 atom stereocenters. The van der Waals surface area contributed by atoms with E-state index in [1.54, 1.807) is 18.3 Å². The molecule has 0 fully saturated rings. The number of halogens is 2. The van der Waals surface area contributed by atoms with Crippen LogP contribution in [-0.4, -0.2) is 25.3 Å². The van der Waals surface area contributed by atoms with Gasteiger partial charge in [0.2, 0.25) is 0 Å². The second kappa shape index (κ2) is 11.2. The van der Waals surface area contributed by atoms with Crippen molar-refractivity contribution in [3.8, 4) is 11.5 Å². The van der Waals surface area contributed by atoms with Gasteiger partial charge in [-0.25, -0.2) is 0 Å². The van der Waals surface area contributed by atoms with Gasteiger partial charge in [-0.1, -0.05) is 35.4 Å². The smallest absolute Gasteiger partial charge is 0.262 e. The van der Waals surface area contributed by atoms with Crippen molar-refractivity contribution in [2.24, 2.45) is 4.99 Å². The van der Waals surface area contributed by atoms with Crippen molar-refractivity contribution >= 4 is 51.0 Å². The second-order valence-corrected chi connectivity index (χ2v) is 8.42. The molecule has 0 bridgehead atoms. The molecule has 1 N–H and O–H groups in total. The quantitative estimate of drug-likeness (QED) is 0.332. The van der Waals surface area contributed by atoms with Crippen LogP contribution in [0.4, 0.5) is 11.4 Å². The number of hydrogen-bond donors (Lipinski definition) is 1. The van der Waals surface area contributed by atoms with E-state index in [4.69, 9.17) is 21.1 Å². The van der Waals surface area contributed by atoms with E-state index in [1.165, 1.54) is 5.56 Å². The van der Waals surface area contributed by atoms with E-state index < -0.39 is 0 Å². The summed E-state index contributed by atoms with van der Waals surface area (Å²) in [5.41, 5.74) is 4.43. The minimum atomic E-state index is -0.302. The Labute approximate surface area is 201 Å². The number of nitrogens with one attached hydrogen (secondary N) is 1. The van der Waals surface area contributed by atoms with Crippen molar-refractivity contribution in [2.75, 3.05) is 18.5 Å². The van der Waals surface area contributed by atoms with Crippen molar-refractivity contribution < 1.29 is 14.3 Å². The molecule has 0 unspecified atom stereocenters. The van der Waals surface area contributed by atoms with E-state index in [1.807, 2.05) is 63.2 Å². The Morgan fingerprint density at radius 3 is 2.53 bits per heavy atom. The molecule has 0 radical (unpaired) electrons. The minimum Gasteiger partial charge on any atom is -0.490 e. The predicted molar refractivity (Wildman–Crippen MR) is 134 cm³/mol. The van der Waals surface area contributed by atoms with Gasteiger partial charge in [0.25, 0.3) is 5.91 Å². The van der Waals surface area contributed by atoms with Gasteiger partial charge in [-0.05, 0) is 84.2 Å². The maximum Gasteiger partial charge on any atom is 0.262 e. The zero-order valence-electron chi connectivity index (χ0n) is 18.1. The molecule has 0 heterocycles. The molecule has 3 aromatic rings. The Hall–Kier alpha value is -2.83. The summed E-state index contributed by atoms with van der Waals surface area (Å²) in [5.74, 6) is 0.680. The number of ether oxygens (including phenoxy) is 2. The lowest BCUT2D eigenvalue weighted by molar-refractivity contribution is -0.118. The first-order chi connectivity index (χ1) is 15.4. The van der Waals surface area contributed by atoms with Crippen LogP contribution in [0, 0.1) is 13.8 Å². The van der Waals surface area contributed by atoms with Crippen molar-refractivity contribution in [1.82, 2.24) is 0 Å². The summed E-state index contributed by atoms with van der Waals surface area (Å²) in [6, 6.07) is 17.0. The van der Waals surface area contributed by atoms with Crippen LogP contribution in [0.1, 0.15) is 23.6 Å². The number of nitrogens with zero attached hydrogens (tertiary/aromatic N) is 1. The molecule has 3 rings (SSSR count). The van der Waals surface area contributed by atoms with Gasteiger partial charge in [0.1, 0.15) is 0 Å². The molecule has 32 heavy (non-hydrogen) atoms. The molecular weight excluding hydrogens is 492 g/mol. The van der Waals surface area contributed by atoms with Crippen molar-refractivity contribution in [3.63, 3.8) is 0 Å². The Bertz CT molecular complexity index is 1130. The molecule has 0 aliphatic heterocycles. The highest BCUT2D eigenvalue weighted by atomic mass is 79.9. The molecule has 0 aliphatic rings. The summed E-state index contributed by atoms with van der Waals surface area (Å²) in [5, 5.41) is 3.37. The van der Waals surface area contributed by atoms with E-state index in [0.717, 1.165) is 16.8 Å². The highest BCUT2D eigenvalue weighted by Crippen LogP contribution is 2.36. The minimum absolute atomic E-state index is 0.180. The molecule has 5 nitrogen and oxygen atoms in total. The summed E-state index contributed by atoms with van der Waals surface area (Å²) in [7, 11) is 0. The Kier molecular flexibility index (Phi) is 8.31. The summed E-state index contributed by atoms with van der Waals surface area (Å²) in [6.07, 6.45) is 1.76. The fourth-order valence-corrected chi connectivity index (χ4v) is 3.61. The van der Waals surface area contributed by atoms with Crippen molar-refractivity contribution in [2.45, 2.75) is 20.8 Å². The fraction of sp³-hybridized carbons (Fsp3) is 0.200. The summed E-state index contributed by atoms with van der Waals surface area (Å²) < 4.78 is 12.2.